The molecule has 1 aromatic carbocycles. The topological polar surface area (TPSA) is 42.4 Å². The van der Waals surface area contributed by atoms with Gasteiger partial charge in [-0.05, 0) is 24.5 Å². The van der Waals surface area contributed by atoms with Crippen LogP contribution in [0.25, 0.3) is 5.57 Å². The Morgan fingerprint density at radius 2 is 2.18 bits per heavy atom. The normalized spacial score (nSPS) is 14.6. The molecule has 0 N–H and O–H groups in total. The molecule has 22 heavy (non-hydrogen) atoms. The number of amides is 1. The van der Waals surface area contributed by atoms with Gasteiger partial charge in [0.25, 0.3) is 0 Å². The van der Waals surface area contributed by atoms with Gasteiger partial charge in [0.05, 0.1) is 10.7 Å². The van der Waals surface area contributed by atoms with Crippen molar-refractivity contribution in [1.82, 2.24) is 9.88 Å². The molecule has 0 saturated heterocycles. The van der Waals surface area contributed by atoms with Crippen molar-refractivity contribution in [3.63, 3.8) is 0 Å². The third-order valence-corrected chi connectivity index (χ3v) is 4.39. The molecule has 2 heterocycles. The monoisotopic (exact) mass is 314 g/mol. The molecule has 0 bridgehead atoms. The van der Waals surface area contributed by atoms with E-state index in [-0.39, 0.29) is 6.09 Å². The highest BCUT2D eigenvalue weighted by Crippen LogP contribution is 2.24. The molecule has 0 unspecified atom stereocenters. The molecule has 0 radical (unpaired) electrons. The molecule has 1 aromatic heterocycles. The number of ether oxygens (including phenoxy) is 1. The Kier molecular flexibility index (Phi) is 4.53. The molecule has 0 spiro atoms. The van der Waals surface area contributed by atoms with Crippen LogP contribution >= 0.6 is 11.3 Å². The smallest absolute Gasteiger partial charge is 0.410 e. The third-order valence-electron chi connectivity index (χ3n) is 3.62. The van der Waals surface area contributed by atoms with E-state index in [9.17, 15) is 4.79 Å². The van der Waals surface area contributed by atoms with E-state index in [0.717, 1.165) is 22.7 Å². The predicted molar refractivity (Wildman–Crippen MR) is 87.6 cm³/mol. The van der Waals surface area contributed by atoms with Crippen molar-refractivity contribution in [3.05, 3.63) is 58.1 Å². The molecular weight excluding hydrogens is 296 g/mol. The van der Waals surface area contributed by atoms with Gasteiger partial charge in [-0.15, -0.1) is 11.3 Å². The fourth-order valence-electron chi connectivity index (χ4n) is 2.39. The van der Waals surface area contributed by atoms with E-state index in [1.807, 2.05) is 37.3 Å². The van der Waals surface area contributed by atoms with Crippen molar-refractivity contribution in [2.24, 2.45) is 0 Å². The molecule has 0 saturated carbocycles. The fraction of sp³-hybridized carbons (Fsp3) is 0.294. The Morgan fingerprint density at radius 1 is 1.36 bits per heavy atom. The zero-order valence-electron chi connectivity index (χ0n) is 12.5. The molecule has 4 nitrogen and oxygen atoms in total. The molecule has 5 heteroatoms. The number of nitrogens with zero attached hydrogens (tertiary/aromatic N) is 2. The zero-order valence-corrected chi connectivity index (χ0v) is 13.3. The zero-order chi connectivity index (χ0) is 15.4. The standard InChI is InChI=1S/C17H18N2O2S/c1-13-18-16(12-22-13)15-7-9-19(10-8-15)17(20)21-11-14-5-3-2-4-6-14/h2-7,12H,8-11H2,1H3. The van der Waals surface area contributed by atoms with Crippen molar-refractivity contribution in [1.29, 1.82) is 0 Å². The summed E-state index contributed by atoms with van der Waals surface area (Å²) in [4.78, 5) is 18.3. The van der Waals surface area contributed by atoms with Crippen LogP contribution in [-0.4, -0.2) is 29.1 Å². The van der Waals surface area contributed by atoms with Crippen LogP contribution in [-0.2, 0) is 11.3 Å². The molecule has 3 rings (SSSR count). The van der Waals surface area contributed by atoms with Gasteiger partial charge in [0.2, 0.25) is 0 Å². The summed E-state index contributed by atoms with van der Waals surface area (Å²) >= 11 is 1.65. The number of benzene rings is 1. The number of hydrogen-bond donors (Lipinski definition) is 0. The summed E-state index contributed by atoms with van der Waals surface area (Å²) in [5.74, 6) is 0. The number of thiazole rings is 1. The Balaban J connectivity index is 1.54. The largest absolute Gasteiger partial charge is 0.445 e. The van der Waals surface area contributed by atoms with Gasteiger partial charge in [-0.25, -0.2) is 9.78 Å². The van der Waals surface area contributed by atoms with Gasteiger partial charge in [-0.2, -0.15) is 0 Å². The van der Waals surface area contributed by atoms with Crippen molar-refractivity contribution >= 4 is 23.0 Å². The van der Waals surface area contributed by atoms with Crippen LogP contribution in [0.2, 0.25) is 0 Å². The molecule has 2 aromatic rings. The summed E-state index contributed by atoms with van der Waals surface area (Å²) in [5, 5.41) is 3.14. The number of rotatable bonds is 3. The minimum Gasteiger partial charge on any atom is -0.445 e. The Labute approximate surface area is 134 Å². The number of carbonyl (C=O) groups excluding carboxylic acids is 1. The van der Waals surface area contributed by atoms with E-state index in [4.69, 9.17) is 4.74 Å². The molecule has 0 aliphatic carbocycles. The highest BCUT2D eigenvalue weighted by Gasteiger charge is 2.20. The van der Waals surface area contributed by atoms with E-state index in [1.165, 1.54) is 5.57 Å². The van der Waals surface area contributed by atoms with Gasteiger partial charge in [0, 0.05) is 18.5 Å². The lowest BCUT2D eigenvalue weighted by Crippen LogP contribution is -2.35. The highest BCUT2D eigenvalue weighted by atomic mass is 32.1. The SMILES string of the molecule is Cc1nc(C2=CCN(C(=O)OCc3ccccc3)CC2)cs1. The van der Waals surface area contributed by atoms with Crippen LogP contribution in [0.4, 0.5) is 4.79 Å². The first kappa shape index (κ1) is 14.8. The summed E-state index contributed by atoms with van der Waals surface area (Å²) in [6, 6.07) is 9.73. The average Bonchev–Trinajstić information content (AvgIpc) is 3.00. The van der Waals surface area contributed by atoms with Crippen molar-refractivity contribution in [2.75, 3.05) is 13.1 Å². The summed E-state index contributed by atoms with van der Waals surface area (Å²) in [7, 11) is 0. The minimum atomic E-state index is -0.256. The first-order chi connectivity index (χ1) is 10.7. The van der Waals surface area contributed by atoms with Crippen molar-refractivity contribution < 1.29 is 9.53 Å². The van der Waals surface area contributed by atoms with Crippen LogP contribution < -0.4 is 0 Å². The number of aromatic nitrogens is 1. The lowest BCUT2D eigenvalue weighted by atomic mass is 10.1. The van der Waals surface area contributed by atoms with Crippen LogP contribution in [0, 0.1) is 6.92 Å². The Morgan fingerprint density at radius 3 is 2.82 bits per heavy atom. The molecule has 0 atom stereocenters. The van der Waals surface area contributed by atoms with Crippen LogP contribution in [0.15, 0.2) is 41.8 Å². The fourth-order valence-corrected chi connectivity index (χ4v) is 3.03. The van der Waals surface area contributed by atoms with Gasteiger partial charge in [0.1, 0.15) is 6.61 Å². The van der Waals surface area contributed by atoms with Gasteiger partial charge in [-0.3, -0.25) is 0 Å². The van der Waals surface area contributed by atoms with E-state index in [0.29, 0.717) is 19.7 Å². The summed E-state index contributed by atoms with van der Waals surface area (Å²) in [6.07, 6.45) is 2.64. The maximum absolute atomic E-state index is 12.1. The summed E-state index contributed by atoms with van der Waals surface area (Å²) in [5.41, 5.74) is 3.26. The quantitative estimate of drug-likeness (QED) is 0.863. The van der Waals surface area contributed by atoms with Crippen molar-refractivity contribution in [2.45, 2.75) is 20.0 Å². The highest BCUT2D eigenvalue weighted by molar-refractivity contribution is 7.09. The first-order valence-electron chi connectivity index (χ1n) is 7.29. The van der Waals surface area contributed by atoms with E-state index in [1.54, 1.807) is 16.2 Å². The van der Waals surface area contributed by atoms with E-state index < -0.39 is 0 Å². The lowest BCUT2D eigenvalue weighted by molar-refractivity contribution is 0.0998. The minimum absolute atomic E-state index is 0.256. The molecule has 1 aliphatic rings. The van der Waals surface area contributed by atoms with E-state index in [2.05, 4.69) is 16.4 Å². The molecule has 0 fully saturated rings. The second-order valence-electron chi connectivity index (χ2n) is 5.22. The van der Waals surface area contributed by atoms with Gasteiger partial charge in [-0.1, -0.05) is 36.4 Å². The van der Waals surface area contributed by atoms with E-state index >= 15 is 0 Å². The van der Waals surface area contributed by atoms with Crippen LogP contribution in [0.5, 0.6) is 0 Å². The predicted octanol–water partition coefficient (Wildman–Crippen LogP) is 3.88. The maximum atomic E-state index is 12.1. The Hall–Kier alpha value is -2.14. The molecular formula is C17H18N2O2S. The second-order valence-corrected chi connectivity index (χ2v) is 6.28. The molecule has 114 valence electrons. The second kappa shape index (κ2) is 6.75. The van der Waals surface area contributed by atoms with Gasteiger partial charge < -0.3 is 9.64 Å². The van der Waals surface area contributed by atoms with Gasteiger partial charge >= 0.3 is 6.09 Å². The van der Waals surface area contributed by atoms with Crippen molar-refractivity contribution in [3.8, 4) is 0 Å². The average molecular weight is 314 g/mol. The van der Waals surface area contributed by atoms with Crippen LogP contribution in [0.1, 0.15) is 22.7 Å². The van der Waals surface area contributed by atoms with Crippen LogP contribution in [0.3, 0.4) is 0 Å². The van der Waals surface area contributed by atoms with Gasteiger partial charge in [0.15, 0.2) is 0 Å². The third kappa shape index (κ3) is 3.54. The maximum Gasteiger partial charge on any atom is 0.410 e. The Bertz CT molecular complexity index is 679. The molecule has 1 aliphatic heterocycles. The number of carbonyl (C=O) groups is 1. The number of hydrogen-bond acceptors (Lipinski definition) is 4. The summed E-state index contributed by atoms with van der Waals surface area (Å²) < 4.78 is 5.36. The first-order valence-corrected chi connectivity index (χ1v) is 8.17. The number of aryl methyl sites for hydroxylation is 1. The summed E-state index contributed by atoms with van der Waals surface area (Å²) in [6.45, 7) is 3.58. The molecule has 1 amide bonds. The lowest BCUT2D eigenvalue weighted by Gasteiger charge is -2.25.